The molecule has 1 unspecified atom stereocenters. The fraction of sp³-hybridized carbons (Fsp3) is 0.316. The molecule has 0 spiro atoms. The summed E-state index contributed by atoms with van der Waals surface area (Å²) in [6.45, 7) is 5.68. The van der Waals surface area contributed by atoms with E-state index in [4.69, 9.17) is 14.6 Å². The molecule has 1 aromatic heterocycles. The largest absolute Gasteiger partial charge is 0.493 e. The summed E-state index contributed by atoms with van der Waals surface area (Å²) >= 11 is 0. The van der Waals surface area contributed by atoms with Crippen LogP contribution in [-0.4, -0.2) is 35.2 Å². The van der Waals surface area contributed by atoms with E-state index in [1.165, 1.54) is 18.3 Å². The van der Waals surface area contributed by atoms with E-state index in [9.17, 15) is 9.59 Å². The van der Waals surface area contributed by atoms with Crippen LogP contribution in [0.1, 0.15) is 53.2 Å². The number of hydrogen-bond acceptors (Lipinski definition) is 5. The number of hydrogen-bond donors (Lipinski definition) is 2. The highest BCUT2D eigenvalue weighted by Crippen LogP contribution is 2.31. The van der Waals surface area contributed by atoms with Crippen molar-refractivity contribution in [1.82, 2.24) is 10.3 Å². The van der Waals surface area contributed by atoms with Gasteiger partial charge in [-0.15, -0.1) is 0 Å². The number of carbonyl (C=O) groups is 2. The summed E-state index contributed by atoms with van der Waals surface area (Å²) in [4.78, 5) is 27.1. The number of pyridine rings is 1. The molecule has 1 aromatic carbocycles. The number of rotatable bonds is 7. The van der Waals surface area contributed by atoms with Crippen molar-refractivity contribution in [1.29, 1.82) is 0 Å². The number of carboxylic acid groups (broad SMARTS) is 1. The Morgan fingerprint density at radius 1 is 1.12 bits per heavy atom. The van der Waals surface area contributed by atoms with Crippen LogP contribution in [0.5, 0.6) is 11.5 Å². The van der Waals surface area contributed by atoms with E-state index < -0.39 is 5.97 Å². The number of aromatic nitrogens is 1. The van der Waals surface area contributed by atoms with E-state index in [0.29, 0.717) is 11.5 Å². The summed E-state index contributed by atoms with van der Waals surface area (Å²) in [6, 6.07) is 7.84. The van der Waals surface area contributed by atoms with Crippen LogP contribution < -0.4 is 14.8 Å². The minimum atomic E-state index is -1.18. The van der Waals surface area contributed by atoms with Gasteiger partial charge in [-0.05, 0) is 50.6 Å². The molecule has 26 heavy (non-hydrogen) atoms. The summed E-state index contributed by atoms with van der Waals surface area (Å²) in [5, 5.41) is 11.8. The molecule has 0 radical (unpaired) electrons. The molecule has 0 saturated heterocycles. The molecule has 0 bridgehead atoms. The third-order valence-electron chi connectivity index (χ3n) is 3.64. The van der Waals surface area contributed by atoms with Crippen molar-refractivity contribution in [2.75, 3.05) is 7.11 Å². The van der Waals surface area contributed by atoms with Gasteiger partial charge in [-0.1, -0.05) is 6.07 Å². The lowest BCUT2D eigenvalue weighted by atomic mass is 10.1. The summed E-state index contributed by atoms with van der Waals surface area (Å²) in [5.74, 6) is -0.360. The van der Waals surface area contributed by atoms with Crippen LogP contribution >= 0.6 is 0 Å². The maximum atomic E-state index is 12.4. The predicted molar refractivity (Wildman–Crippen MR) is 95.8 cm³/mol. The van der Waals surface area contributed by atoms with Gasteiger partial charge in [0.15, 0.2) is 11.5 Å². The van der Waals surface area contributed by atoms with Crippen LogP contribution in [0.25, 0.3) is 0 Å². The lowest BCUT2D eigenvalue weighted by molar-refractivity contribution is 0.0690. The van der Waals surface area contributed by atoms with Crippen molar-refractivity contribution in [3.63, 3.8) is 0 Å². The van der Waals surface area contributed by atoms with Gasteiger partial charge < -0.3 is 19.9 Å². The second kappa shape index (κ2) is 8.33. The molecule has 2 aromatic rings. The topological polar surface area (TPSA) is 97.8 Å². The van der Waals surface area contributed by atoms with E-state index in [1.54, 1.807) is 19.2 Å². The highest BCUT2D eigenvalue weighted by molar-refractivity contribution is 5.96. The van der Waals surface area contributed by atoms with E-state index in [2.05, 4.69) is 10.3 Å². The molecule has 138 valence electrons. The molecular formula is C19H22N2O5. The summed E-state index contributed by atoms with van der Waals surface area (Å²) in [6.07, 6.45) is 1.31. The van der Waals surface area contributed by atoms with Gasteiger partial charge >= 0.3 is 5.97 Å². The molecular weight excluding hydrogens is 336 g/mol. The summed E-state index contributed by atoms with van der Waals surface area (Å²) < 4.78 is 11.0. The van der Waals surface area contributed by atoms with E-state index in [0.717, 1.165) is 5.56 Å². The molecule has 0 saturated carbocycles. The van der Waals surface area contributed by atoms with Gasteiger partial charge in [-0.3, -0.25) is 4.79 Å². The zero-order valence-corrected chi connectivity index (χ0v) is 15.1. The smallest absolute Gasteiger partial charge is 0.354 e. The van der Waals surface area contributed by atoms with Gasteiger partial charge in [0.25, 0.3) is 5.91 Å². The first kappa shape index (κ1) is 19.2. The van der Waals surface area contributed by atoms with Crippen molar-refractivity contribution in [3.05, 3.63) is 53.3 Å². The number of amides is 1. The zero-order valence-electron chi connectivity index (χ0n) is 15.1. The SMILES string of the molecule is COc1cc(C(C)NC(=O)c2ccnc(C(=O)O)c2)ccc1OC(C)C. The predicted octanol–water partition coefficient (Wildman–Crippen LogP) is 3.07. The van der Waals surface area contributed by atoms with Crippen LogP contribution in [0.3, 0.4) is 0 Å². The van der Waals surface area contributed by atoms with Gasteiger partial charge in [-0.25, -0.2) is 9.78 Å². The highest BCUT2D eigenvalue weighted by Gasteiger charge is 2.16. The maximum absolute atomic E-state index is 12.4. The Kier molecular flexibility index (Phi) is 6.16. The zero-order chi connectivity index (χ0) is 19.3. The second-order valence-corrected chi connectivity index (χ2v) is 6.01. The fourth-order valence-corrected chi connectivity index (χ4v) is 2.36. The molecule has 2 rings (SSSR count). The van der Waals surface area contributed by atoms with Crippen molar-refractivity contribution in [3.8, 4) is 11.5 Å². The Morgan fingerprint density at radius 2 is 1.85 bits per heavy atom. The monoisotopic (exact) mass is 358 g/mol. The Labute approximate surface area is 152 Å². The average Bonchev–Trinajstić information content (AvgIpc) is 2.61. The standard InChI is InChI=1S/C19H22N2O5/c1-11(2)26-16-6-5-13(10-17(16)25-4)12(3)21-18(22)14-7-8-20-15(9-14)19(23)24/h5-12H,1-4H3,(H,21,22)(H,23,24). The molecule has 7 heteroatoms. The summed E-state index contributed by atoms with van der Waals surface area (Å²) in [7, 11) is 1.56. The summed E-state index contributed by atoms with van der Waals surface area (Å²) in [5.41, 5.74) is 0.886. The van der Waals surface area contributed by atoms with Crippen LogP contribution in [0, 0.1) is 0 Å². The van der Waals surface area contributed by atoms with Crippen LogP contribution in [-0.2, 0) is 0 Å². The Hall–Kier alpha value is -3.09. The van der Waals surface area contributed by atoms with E-state index >= 15 is 0 Å². The van der Waals surface area contributed by atoms with Gasteiger partial charge in [0, 0.05) is 11.8 Å². The number of benzene rings is 1. The lowest BCUT2D eigenvalue weighted by Gasteiger charge is -2.18. The minimum absolute atomic E-state index is 0.0157. The molecule has 2 N–H and O–H groups in total. The van der Waals surface area contributed by atoms with E-state index in [-0.39, 0.29) is 29.3 Å². The van der Waals surface area contributed by atoms with Crippen molar-refractivity contribution in [2.45, 2.75) is 32.9 Å². The number of carbonyl (C=O) groups excluding carboxylic acids is 1. The molecule has 7 nitrogen and oxygen atoms in total. The molecule has 0 aliphatic carbocycles. The second-order valence-electron chi connectivity index (χ2n) is 6.01. The number of carboxylic acids is 1. The van der Waals surface area contributed by atoms with Crippen molar-refractivity contribution in [2.24, 2.45) is 0 Å². The number of ether oxygens (including phenoxy) is 2. The van der Waals surface area contributed by atoms with E-state index in [1.807, 2.05) is 26.8 Å². The van der Waals surface area contributed by atoms with Crippen molar-refractivity contribution >= 4 is 11.9 Å². The Balaban J connectivity index is 2.16. The third-order valence-corrected chi connectivity index (χ3v) is 3.64. The molecule has 0 aliphatic heterocycles. The fourth-order valence-electron chi connectivity index (χ4n) is 2.36. The molecule has 0 aliphatic rings. The number of aromatic carboxylic acids is 1. The number of methoxy groups -OCH3 is 1. The quantitative estimate of drug-likeness (QED) is 0.789. The Morgan fingerprint density at radius 3 is 2.46 bits per heavy atom. The van der Waals surface area contributed by atoms with Crippen LogP contribution in [0.2, 0.25) is 0 Å². The van der Waals surface area contributed by atoms with Gasteiger partial charge in [-0.2, -0.15) is 0 Å². The minimum Gasteiger partial charge on any atom is -0.493 e. The van der Waals surface area contributed by atoms with Crippen molar-refractivity contribution < 1.29 is 24.2 Å². The molecule has 1 atom stereocenters. The molecule has 1 amide bonds. The highest BCUT2D eigenvalue weighted by atomic mass is 16.5. The number of nitrogens with one attached hydrogen (secondary N) is 1. The first-order valence-corrected chi connectivity index (χ1v) is 8.16. The van der Waals surface area contributed by atoms with Crippen LogP contribution in [0.4, 0.5) is 0 Å². The number of nitrogens with zero attached hydrogens (tertiary/aromatic N) is 1. The van der Waals surface area contributed by atoms with Gasteiger partial charge in [0.2, 0.25) is 0 Å². The van der Waals surface area contributed by atoms with Gasteiger partial charge in [0.05, 0.1) is 19.3 Å². The molecule has 1 heterocycles. The Bertz CT molecular complexity index is 804. The maximum Gasteiger partial charge on any atom is 0.354 e. The molecule has 0 fully saturated rings. The third kappa shape index (κ3) is 4.72. The normalized spacial score (nSPS) is 11.7. The first-order valence-electron chi connectivity index (χ1n) is 8.16. The average molecular weight is 358 g/mol. The van der Waals surface area contributed by atoms with Gasteiger partial charge in [0.1, 0.15) is 5.69 Å². The van der Waals surface area contributed by atoms with Crippen LogP contribution in [0.15, 0.2) is 36.5 Å². The lowest BCUT2D eigenvalue weighted by Crippen LogP contribution is -2.27. The first-order chi connectivity index (χ1) is 12.3.